The number of hydrogen-bond donors (Lipinski definition) is 3. The lowest BCUT2D eigenvalue weighted by molar-refractivity contribution is -0.105. The first-order chi connectivity index (χ1) is 11.2. The SMILES string of the molecule is [3H]O[Si](CCCc1ccc(OC2CCCCO2)cc1)(O[3H])O[3H]. The summed E-state index contributed by atoms with van der Waals surface area (Å²) < 4.78 is 32.0. The maximum absolute atomic E-state index is 6.88. The molecule has 0 aromatic heterocycles. The van der Waals surface area contributed by atoms with E-state index >= 15 is 0 Å². The first-order valence-corrected chi connectivity index (χ1v) is 8.95. The van der Waals surface area contributed by atoms with E-state index in [1.54, 1.807) is 0 Å². The summed E-state index contributed by atoms with van der Waals surface area (Å²) in [4.78, 5) is 12.9. The molecule has 1 unspecified atom stereocenters. The van der Waals surface area contributed by atoms with Gasteiger partial charge in [-0.15, -0.1) is 0 Å². The molecular formula is C14H22O5Si. The highest BCUT2D eigenvalue weighted by molar-refractivity contribution is 6.56. The van der Waals surface area contributed by atoms with Crippen LogP contribution < -0.4 is 4.74 Å². The Morgan fingerprint density at radius 1 is 1.25 bits per heavy atom. The second-order valence-corrected chi connectivity index (χ2v) is 6.96. The van der Waals surface area contributed by atoms with Crippen LogP contribution in [-0.2, 0) is 11.2 Å². The first kappa shape index (κ1) is 11.7. The van der Waals surface area contributed by atoms with Gasteiger partial charge in [-0.25, -0.2) is 0 Å². The zero-order valence-electron chi connectivity index (χ0n) is 14.4. The second kappa shape index (κ2) is 7.19. The third-order valence-corrected chi connectivity index (χ3v) is 4.24. The van der Waals surface area contributed by atoms with Crippen LogP contribution in [-0.4, -0.2) is 40.4 Å². The predicted octanol–water partition coefficient (Wildman–Crippen LogP) is 1.44. The van der Waals surface area contributed by atoms with E-state index in [2.05, 4.69) is 14.4 Å². The van der Waals surface area contributed by atoms with Crippen LogP contribution in [0.15, 0.2) is 24.3 Å². The molecule has 2 rings (SSSR count). The molecule has 0 spiro atoms. The molecule has 0 saturated carbocycles. The van der Waals surface area contributed by atoms with Gasteiger partial charge in [0.05, 0.1) is 6.61 Å². The van der Waals surface area contributed by atoms with Crippen LogP contribution in [0.4, 0.5) is 0 Å². The summed E-state index contributed by atoms with van der Waals surface area (Å²) in [6.45, 7) is 0.753. The molecule has 1 heterocycles. The maximum Gasteiger partial charge on any atom is 0.492 e. The lowest BCUT2D eigenvalue weighted by atomic mass is 10.1. The molecule has 0 aliphatic carbocycles. The van der Waals surface area contributed by atoms with E-state index in [-0.39, 0.29) is 12.3 Å². The van der Waals surface area contributed by atoms with Crippen LogP contribution in [0, 0.1) is 0 Å². The quantitative estimate of drug-likeness (QED) is 0.602. The minimum atomic E-state index is -3.45. The first-order valence-electron chi connectivity index (χ1n) is 8.24. The standard InChI is InChI=1S/C14H22O5Si/c15-20(16,17)11-3-4-12-6-8-13(9-7-12)19-14-5-1-2-10-18-14/h6-9,14-17H,1-5,10-11H2/i15T,16T,17T. The second-order valence-electron chi connectivity index (χ2n) is 5.09. The van der Waals surface area contributed by atoms with Crippen molar-refractivity contribution in [1.82, 2.24) is 0 Å². The summed E-state index contributed by atoms with van der Waals surface area (Å²) in [5.41, 5.74) is 1.09. The van der Waals surface area contributed by atoms with Gasteiger partial charge in [0.1, 0.15) is 5.75 Å². The Labute approximate surface area is 124 Å². The van der Waals surface area contributed by atoms with Crippen molar-refractivity contribution in [2.75, 3.05) is 6.61 Å². The predicted molar refractivity (Wildman–Crippen MR) is 76.2 cm³/mol. The fourth-order valence-corrected chi connectivity index (χ4v) is 2.81. The molecule has 1 fully saturated rings. The number of benzene rings is 1. The van der Waals surface area contributed by atoms with E-state index < -0.39 is 8.80 Å². The number of hydrogen-bond acceptors (Lipinski definition) is 5. The minimum absolute atomic E-state index is 0.154. The van der Waals surface area contributed by atoms with E-state index in [0.29, 0.717) is 12.8 Å². The van der Waals surface area contributed by atoms with E-state index in [1.807, 2.05) is 24.3 Å². The highest BCUT2D eigenvalue weighted by Crippen LogP contribution is 2.20. The van der Waals surface area contributed by atoms with Gasteiger partial charge >= 0.3 is 8.80 Å². The number of rotatable bonds is 9. The summed E-state index contributed by atoms with van der Waals surface area (Å²) in [7, 11) is -3.45. The van der Waals surface area contributed by atoms with Gasteiger partial charge in [-0.05, 0) is 43.4 Å². The average Bonchev–Trinajstić information content (AvgIpc) is 2.62. The fraction of sp³-hybridized carbons (Fsp3) is 0.571. The summed E-state index contributed by atoms with van der Waals surface area (Å²) in [5.74, 6) is 0.780. The molecule has 1 aromatic carbocycles. The summed E-state index contributed by atoms with van der Waals surface area (Å²) >= 11 is 0. The van der Waals surface area contributed by atoms with Crippen molar-refractivity contribution in [1.29, 1.82) is 4.29 Å². The third-order valence-electron chi connectivity index (χ3n) is 3.28. The van der Waals surface area contributed by atoms with Gasteiger partial charge in [-0.3, -0.25) is 0 Å². The van der Waals surface area contributed by atoms with Crippen molar-refractivity contribution in [2.24, 2.45) is 0 Å². The average molecular weight is 304 g/mol. The Kier molecular flexibility index (Phi) is 4.21. The van der Waals surface area contributed by atoms with E-state index in [0.717, 1.165) is 37.2 Å². The van der Waals surface area contributed by atoms with Gasteiger partial charge in [0.2, 0.25) is 0 Å². The molecule has 5 nitrogen and oxygen atoms in total. The number of aryl methyl sites for hydroxylation is 1. The van der Waals surface area contributed by atoms with Gasteiger partial charge in [0.15, 0.2) is 10.6 Å². The van der Waals surface area contributed by atoms with E-state index in [1.165, 1.54) is 0 Å². The molecule has 0 bridgehead atoms. The molecular weight excluding hydrogens is 276 g/mol. The van der Waals surface area contributed by atoms with Crippen LogP contribution in [0.3, 0.4) is 0 Å². The maximum atomic E-state index is 6.88. The topological polar surface area (TPSA) is 79.2 Å². The normalized spacial score (nSPS) is 21.8. The van der Waals surface area contributed by atoms with Crippen molar-refractivity contribution in [2.45, 2.75) is 44.4 Å². The van der Waals surface area contributed by atoms with E-state index in [9.17, 15) is 0 Å². The van der Waals surface area contributed by atoms with Gasteiger partial charge < -0.3 is 23.9 Å². The smallest absolute Gasteiger partial charge is 0.465 e. The van der Waals surface area contributed by atoms with E-state index in [4.69, 9.17) is 13.8 Å². The molecule has 20 heavy (non-hydrogen) atoms. The lowest BCUT2D eigenvalue weighted by Gasteiger charge is -2.23. The number of ether oxygens (including phenoxy) is 2. The van der Waals surface area contributed by atoms with Gasteiger partial charge in [0.25, 0.3) is 0 Å². The van der Waals surface area contributed by atoms with Gasteiger partial charge in [-0.2, -0.15) is 0 Å². The Bertz CT molecular complexity index is 444. The molecule has 1 aliphatic rings. The highest BCUT2D eigenvalue weighted by atomic mass is 28.4. The molecule has 0 radical (unpaired) electrons. The molecule has 1 saturated heterocycles. The summed E-state index contributed by atoms with van der Waals surface area (Å²) in [5, 5.41) is 0. The Hall–Kier alpha value is -0.923. The van der Waals surface area contributed by atoms with Crippen molar-refractivity contribution in [3.8, 4) is 5.75 Å². The Balaban J connectivity index is 1.78. The zero-order chi connectivity index (χ0) is 16.5. The molecule has 1 aliphatic heterocycles. The molecule has 6 heteroatoms. The Morgan fingerprint density at radius 3 is 2.70 bits per heavy atom. The molecule has 1 atom stereocenters. The van der Waals surface area contributed by atoms with Gasteiger partial charge in [-0.1, -0.05) is 12.1 Å². The Morgan fingerprint density at radius 2 is 2.05 bits per heavy atom. The molecule has 0 amide bonds. The van der Waals surface area contributed by atoms with Crippen LogP contribution >= 0.6 is 0 Å². The monoisotopic (exact) mass is 304 g/mol. The van der Waals surface area contributed by atoms with Crippen molar-refractivity contribution in [3.05, 3.63) is 29.8 Å². The minimum Gasteiger partial charge on any atom is -0.465 e. The zero-order valence-corrected chi connectivity index (χ0v) is 12.4. The molecule has 112 valence electrons. The third kappa shape index (κ3) is 5.60. The van der Waals surface area contributed by atoms with Crippen LogP contribution in [0.2, 0.25) is 6.04 Å². The van der Waals surface area contributed by atoms with Crippen LogP contribution in [0.1, 0.15) is 31.2 Å². The summed E-state index contributed by atoms with van der Waals surface area (Å²) in [6.07, 6.45) is 4.30. The van der Waals surface area contributed by atoms with Crippen molar-refractivity contribution < 1.29 is 23.9 Å². The fourth-order valence-electron chi connectivity index (χ4n) is 2.20. The largest absolute Gasteiger partial charge is 0.492 e. The highest BCUT2D eigenvalue weighted by Gasteiger charge is 2.25. The summed E-state index contributed by atoms with van der Waals surface area (Å²) in [6, 6.07) is 7.98. The molecule has 1 aromatic rings. The molecule has 3 N–H and O–H groups in total. The van der Waals surface area contributed by atoms with Gasteiger partial charge in [0, 0.05) is 12.5 Å². The van der Waals surface area contributed by atoms with Crippen molar-refractivity contribution in [3.63, 3.8) is 0 Å². The lowest BCUT2D eigenvalue weighted by Crippen LogP contribution is -2.34. The van der Waals surface area contributed by atoms with Crippen molar-refractivity contribution >= 4 is 8.80 Å². The van der Waals surface area contributed by atoms with Crippen LogP contribution in [0.5, 0.6) is 5.75 Å². The van der Waals surface area contributed by atoms with Crippen LogP contribution in [0.25, 0.3) is 0 Å².